The number of carbonyl (C=O) groups excluding carboxylic acids is 2. The van der Waals surface area contributed by atoms with Gasteiger partial charge in [0.05, 0.1) is 6.61 Å². The van der Waals surface area contributed by atoms with Gasteiger partial charge in [0.15, 0.2) is 0 Å². The van der Waals surface area contributed by atoms with Crippen LogP contribution < -0.4 is 5.32 Å². The van der Waals surface area contributed by atoms with E-state index >= 15 is 0 Å². The van der Waals surface area contributed by atoms with Crippen LogP contribution in [0.15, 0.2) is 41.7 Å². The maximum atomic E-state index is 11.9. The number of benzene rings is 1. The van der Waals surface area contributed by atoms with Crippen LogP contribution in [0.25, 0.3) is 0 Å². The minimum atomic E-state index is -0.856. The summed E-state index contributed by atoms with van der Waals surface area (Å²) in [5.74, 6) is -2.29. The molecule has 1 aromatic carbocycles. The summed E-state index contributed by atoms with van der Waals surface area (Å²) in [6.07, 6.45) is 0. The van der Waals surface area contributed by atoms with E-state index in [4.69, 9.17) is 10.1 Å². The fraction of sp³-hybridized carbons (Fsp3) is 0.214. The van der Waals surface area contributed by atoms with E-state index in [0.29, 0.717) is 5.56 Å². The molecule has 0 aliphatic rings. The van der Waals surface area contributed by atoms with Gasteiger partial charge in [-0.2, -0.15) is 0 Å². The molecule has 0 radical (unpaired) electrons. The molecule has 0 aliphatic carbocycles. The molecule has 0 unspecified atom stereocenters. The van der Waals surface area contributed by atoms with Crippen molar-refractivity contribution in [3.63, 3.8) is 0 Å². The number of allylic oxidation sites excluding steroid dienone is 1. The van der Waals surface area contributed by atoms with Crippen molar-refractivity contribution < 1.29 is 19.4 Å². The van der Waals surface area contributed by atoms with E-state index < -0.39 is 17.7 Å². The highest BCUT2D eigenvalue weighted by molar-refractivity contribution is 6.23. The summed E-state index contributed by atoms with van der Waals surface area (Å²) in [4.78, 5) is 23.5. The quantitative estimate of drug-likeness (QED) is 0.256. The van der Waals surface area contributed by atoms with Gasteiger partial charge in [0.1, 0.15) is 17.2 Å². The number of nitrogens with one attached hydrogen (secondary N) is 2. The summed E-state index contributed by atoms with van der Waals surface area (Å²) in [6.45, 7) is 2.96. The van der Waals surface area contributed by atoms with E-state index in [1.54, 1.807) is 37.3 Å². The van der Waals surface area contributed by atoms with Crippen LogP contribution in [-0.2, 0) is 9.53 Å². The zero-order valence-electron chi connectivity index (χ0n) is 11.3. The smallest absolute Gasteiger partial charge is 0.345 e. The molecule has 1 rings (SSSR count). The lowest BCUT2D eigenvalue weighted by Crippen LogP contribution is -2.34. The van der Waals surface area contributed by atoms with E-state index in [1.165, 1.54) is 6.92 Å². The van der Waals surface area contributed by atoms with Crippen molar-refractivity contribution in [1.82, 2.24) is 5.32 Å². The number of ether oxygens (including phenoxy) is 1. The van der Waals surface area contributed by atoms with Crippen LogP contribution in [0.5, 0.6) is 0 Å². The first-order valence-electron chi connectivity index (χ1n) is 5.99. The minimum Gasteiger partial charge on any atom is -0.512 e. The van der Waals surface area contributed by atoms with Gasteiger partial charge >= 0.3 is 5.97 Å². The van der Waals surface area contributed by atoms with E-state index in [1.807, 2.05) is 0 Å². The van der Waals surface area contributed by atoms with Crippen LogP contribution in [0, 0.1) is 5.41 Å². The maximum Gasteiger partial charge on any atom is 0.345 e. The number of rotatable bonds is 4. The Bertz CT molecular complexity index is 546. The summed E-state index contributed by atoms with van der Waals surface area (Å²) in [5.41, 5.74) is -0.0211. The van der Waals surface area contributed by atoms with Crippen LogP contribution in [0.3, 0.4) is 0 Å². The Morgan fingerprint density at radius 2 is 1.90 bits per heavy atom. The first-order chi connectivity index (χ1) is 9.47. The highest BCUT2D eigenvalue weighted by atomic mass is 16.5. The molecule has 1 amide bonds. The zero-order chi connectivity index (χ0) is 15.1. The lowest BCUT2D eigenvalue weighted by Gasteiger charge is -2.10. The van der Waals surface area contributed by atoms with Gasteiger partial charge in [-0.25, -0.2) is 4.79 Å². The van der Waals surface area contributed by atoms with Gasteiger partial charge in [-0.3, -0.25) is 10.2 Å². The molecule has 0 heterocycles. The number of amidine groups is 1. The van der Waals surface area contributed by atoms with Crippen LogP contribution in [0.4, 0.5) is 0 Å². The molecule has 0 aliphatic heterocycles. The highest BCUT2D eigenvalue weighted by Crippen LogP contribution is 2.06. The van der Waals surface area contributed by atoms with Crippen molar-refractivity contribution in [2.45, 2.75) is 13.8 Å². The van der Waals surface area contributed by atoms with Crippen LogP contribution in [-0.4, -0.2) is 29.4 Å². The summed E-state index contributed by atoms with van der Waals surface area (Å²) in [7, 11) is 0. The SMILES string of the molecule is CCOC(=O)/C(C(=N)NC(=O)c1ccccc1)=C(\C)O. The van der Waals surface area contributed by atoms with Crippen molar-refractivity contribution in [2.24, 2.45) is 0 Å². The number of hydrogen-bond acceptors (Lipinski definition) is 5. The molecule has 20 heavy (non-hydrogen) atoms. The van der Waals surface area contributed by atoms with Gasteiger partial charge in [0.2, 0.25) is 0 Å². The Morgan fingerprint density at radius 1 is 1.30 bits per heavy atom. The molecule has 106 valence electrons. The van der Waals surface area contributed by atoms with Crippen molar-refractivity contribution in [2.75, 3.05) is 6.61 Å². The third-order valence-electron chi connectivity index (χ3n) is 2.37. The van der Waals surface area contributed by atoms with E-state index in [9.17, 15) is 14.7 Å². The standard InChI is InChI=1S/C14H16N2O4/c1-3-20-14(19)11(9(2)17)12(15)16-13(18)10-7-5-4-6-8-10/h4-8,17H,3H2,1-2H3,(H2,15,16,18)/b11-9+. The van der Waals surface area contributed by atoms with Gasteiger partial charge in [-0.15, -0.1) is 0 Å². The number of aliphatic hydroxyl groups is 1. The van der Waals surface area contributed by atoms with Crippen LogP contribution in [0.1, 0.15) is 24.2 Å². The molecule has 0 saturated carbocycles. The molecule has 0 saturated heterocycles. The van der Waals surface area contributed by atoms with E-state index in [2.05, 4.69) is 5.32 Å². The molecule has 0 aromatic heterocycles. The lowest BCUT2D eigenvalue weighted by atomic mass is 10.1. The molecule has 6 heteroatoms. The first-order valence-corrected chi connectivity index (χ1v) is 5.99. The molecule has 0 spiro atoms. The Kier molecular flexibility index (Phi) is 5.46. The molecule has 0 bridgehead atoms. The van der Waals surface area contributed by atoms with E-state index in [0.717, 1.165) is 0 Å². The molecule has 0 atom stereocenters. The Balaban J connectivity index is 2.86. The molecule has 6 nitrogen and oxygen atoms in total. The topological polar surface area (TPSA) is 99.5 Å². The first kappa shape index (κ1) is 15.4. The Hall–Kier alpha value is -2.63. The number of carbonyl (C=O) groups is 2. The average Bonchev–Trinajstić information content (AvgIpc) is 2.39. The maximum absolute atomic E-state index is 11.9. The van der Waals surface area contributed by atoms with Crippen molar-refractivity contribution in [1.29, 1.82) is 5.41 Å². The number of esters is 1. The third-order valence-corrected chi connectivity index (χ3v) is 2.37. The second-order valence-electron chi connectivity index (χ2n) is 3.88. The summed E-state index contributed by atoms with van der Waals surface area (Å²) >= 11 is 0. The van der Waals surface area contributed by atoms with Gasteiger partial charge in [-0.1, -0.05) is 18.2 Å². The number of amides is 1. The molecular formula is C14H16N2O4. The molecule has 3 N–H and O–H groups in total. The third kappa shape index (κ3) is 3.94. The van der Waals surface area contributed by atoms with E-state index in [-0.39, 0.29) is 17.9 Å². The number of aliphatic hydroxyl groups excluding tert-OH is 1. The van der Waals surface area contributed by atoms with Crippen molar-refractivity contribution in [3.05, 3.63) is 47.2 Å². The van der Waals surface area contributed by atoms with Crippen molar-refractivity contribution >= 4 is 17.7 Å². The predicted molar refractivity (Wildman–Crippen MR) is 73.6 cm³/mol. The lowest BCUT2D eigenvalue weighted by molar-refractivity contribution is -0.138. The zero-order valence-corrected chi connectivity index (χ0v) is 11.3. The summed E-state index contributed by atoms with van der Waals surface area (Å²) in [6, 6.07) is 8.25. The predicted octanol–water partition coefficient (Wildman–Crippen LogP) is 1.79. The molecule has 1 aromatic rings. The normalized spacial score (nSPS) is 11.3. The Labute approximate surface area is 116 Å². The van der Waals surface area contributed by atoms with Gasteiger partial charge < -0.3 is 15.2 Å². The van der Waals surface area contributed by atoms with Gasteiger partial charge in [0, 0.05) is 5.56 Å². The van der Waals surface area contributed by atoms with Crippen molar-refractivity contribution in [3.8, 4) is 0 Å². The highest BCUT2D eigenvalue weighted by Gasteiger charge is 2.21. The van der Waals surface area contributed by atoms with Crippen LogP contribution in [0.2, 0.25) is 0 Å². The minimum absolute atomic E-state index is 0.107. The summed E-state index contributed by atoms with van der Waals surface area (Å²) in [5, 5.41) is 19.4. The molecular weight excluding hydrogens is 260 g/mol. The monoisotopic (exact) mass is 276 g/mol. The number of hydrogen-bond donors (Lipinski definition) is 3. The fourth-order valence-electron chi connectivity index (χ4n) is 1.47. The second-order valence-corrected chi connectivity index (χ2v) is 3.88. The van der Waals surface area contributed by atoms with Gasteiger partial charge in [0.25, 0.3) is 5.91 Å². The fourth-order valence-corrected chi connectivity index (χ4v) is 1.47. The largest absolute Gasteiger partial charge is 0.512 e. The summed E-state index contributed by atoms with van der Waals surface area (Å²) < 4.78 is 4.72. The Morgan fingerprint density at radius 3 is 2.40 bits per heavy atom. The second kappa shape index (κ2) is 7.08. The van der Waals surface area contributed by atoms with Crippen LogP contribution >= 0.6 is 0 Å². The average molecular weight is 276 g/mol. The molecule has 0 fully saturated rings. The van der Waals surface area contributed by atoms with Gasteiger partial charge in [-0.05, 0) is 26.0 Å².